The average Bonchev–Trinajstić information content (AvgIpc) is 3.27. The fraction of sp³-hybridized carbons (Fsp3) is 0.240. The molecule has 0 unspecified atom stereocenters. The summed E-state index contributed by atoms with van der Waals surface area (Å²) in [7, 11) is 3.19. The Morgan fingerprint density at radius 2 is 1.74 bits per heavy atom. The van der Waals surface area contributed by atoms with Crippen molar-refractivity contribution in [1.29, 1.82) is 0 Å². The Morgan fingerprint density at radius 1 is 0.971 bits per heavy atom. The van der Waals surface area contributed by atoms with Gasteiger partial charge in [-0.15, -0.1) is 10.2 Å². The number of aryl methyl sites for hydroxylation is 3. The molecule has 9 nitrogen and oxygen atoms in total. The van der Waals surface area contributed by atoms with Crippen molar-refractivity contribution in [2.75, 3.05) is 14.2 Å². The van der Waals surface area contributed by atoms with Crippen LogP contribution in [0.2, 0.25) is 5.02 Å². The topological polar surface area (TPSA) is 96.4 Å². The molecule has 0 saturated heterocycles. The first kappa shape index (κ1) is 22.8. The number of halogens is 1. The lowest BCUT2D eigenvalue weighted by molar-refractivity contribution is 0.354. The first-order chi connectivity index (χ1) is 17.0. The number of ether oxygens (including phenoxy) is 2. The van der Waals surface area contributed by atoms with Crippen LogP contribution >= 0.6 is 11.6 Å². The molecule has 3 heterocycles. The van der Waals surface area contributed by atoms with Gasteiger partial charge in [0.2, 0.25) is 0 Å². The summed E-state index contributed by atoms with van der Waals surface area (Å²) in [5.74, 6) is 1.30. The van der Waals surface area contributed by atoms with Crippen molar-refractivity contribution in [2.45, 2.75) is 26.3 Å². The molecule has 0 spiro atoms. The van der Waals surface area contributed by atoms with E-state index in [0.717, 1.165) is 22.4 Å². The second-order valence-corrected chi connectivity index (χ2v) is 8.41. The smallest absolute Gasteiger partial charge is 0.283 e. The van der Waals surface area contributed by atoms with Crippen LogP contribution in [0, 0.1) is 0 Å². The van der Waals surface area contributed by atoms with Crippen molar-refractivity contribution in [3.05, 3.63) is 75.4 Å². The van der Waals surface area contributed by atoms with Gasteiger partial charge < -0.3 is 9.47 Å². The normalized spacial score (nSPS) is 11.3. The van der Waals surface area contributed by atoms with Crippen molar-refractivity contribution in [2.24, 2.45) is 0 Å². The number of nitrogens with zero attached hydrogens (tertiary/aromatic N) is 6. The van der Waals surface area contributed by atoms with Gasteiger partial charge in [0.1, 0.15) is 6.33 Å². The molecule has 0 saturated carbocycles. The standard InChI is InChI=1S/C25H23ClN6O3/c1-4-18-21(16-6-8-17(26)9-7-16)23-29-28-22-24(32(23)30-18)27-14-31(25(22)33)12-11-15-5-10-19(34-2)20(13-15)35-3/h5-10,13-14H,4,11-12H2,1-3H3. The van der Waals surface area contributed by atoms with E-state index in [1.807, 2.05) is 49.4 Å². The SMILES string of the molecule is CCc1nn2c(nnc3c(=O)n(CCc4ccc(OC)c(OC)c4)cnc32)c1-c1ccc(Cl)cc1. The van der Waals surface area contributed by atoms with Gasteiger partial charge in [-0.3, -0.25) is 9.36 Å². The molecule has 3 aromatic heterocycles. The highest BCUT2D eigenvalue weighted by Crippen LogP contribution is 2.30. The molecule has 35 heavy (non-hydrogen) atoms. The van der Waals surface area contributed by atoms with Crippen LogP contribution in [0.25, 0.3) is 27.9 Å². The molecule has 0 atom stereocenters. The second-order valence-electron chi connectivity index (χ2n) is 7.97. The molecule has 5 rings (SSSR count). The third kappa shape index (κ3) is 4.08. The Bertz CT molecular complexity index is 1590. The van der Waals surface area contributed by atoms with Crippen LogP contribution in [0.4, 0.5) is 0 Å². The maximum absolute atomic E-state index is 13.2. The van der Waals surface area contributed by atoms with E-state index in [9.17, 15) is 4.79 Å². The summed E-state index contributed by atoms with van der Waals surface area (Å²) < 4.78 is 13.8. The zero-order valence-electron chi connectivity index (χ0n) is 19.5. The average molecular weight is 491 g/mol. The maximum Gasteiger partial charge on any atom is 0.283 e. The monoisotopic (exact) mass is 490 g/mol. The number of hydrogen-bond donors (Lipinski definition) is 0. The molecule has 0 N–H and O–H groups in total. The van der Waals surface area contributed by atoms with Gasteiger partial charge in [-0.25, -0.2) is 4.98 Å². The van der Waals surface area contributed by atoms with E-state index in [0.29, 0.717) is 47.2 Å². The summed E-state index contributed by atoms with van der Waals surface area (Å²) >= 11 is 6.06. The number of hydrogen-bond acceptors (Lipinski definition) is 7. The largest absolute Gasteiger partial charge is 0.493 e. The third-order valence-corrected chi connectivity index (χ3v) is 6.18. The molecule has 178 valence electrons. The quantitative estimate of drug-likeness (QED) is 0.340. The van der Waals surface area contributed by atoms with E-state index in [2.05, 4.69) is 15.2 Å². The van der Waals surface area contributed by atoms with Crippen LogP contribution in [0.1, 0.15) is 18.2 Å². The number of benzene rings is 2. The lowest BCUT2D eigenvalue weighted by atomic mass is 10.0. The van der Waals surface area contributed by atoms with Crippen LogP contribution in [0.3, 0.4) is 0 Å². The van der Waals surface area contributed by atoms with Crippen molar-refractivity contribution >= 4 is 28.4 Å². The van der Waals surface area contributed by atoms with Gasteiger partial charge in [-0.1, -0.05) is 36.7 Å². The highest BCUT2D eigenvalue weighted by Gasteiger charge is 2.19. The second kappa shape index (κ2) is 9.34. The van der Waals surface area contributed by atoms with Crippen LogP contribution < -0.4 is 15.0 Å². The lowest BCUT2D eigenvalue weighted by Crippen LogP contribution is -2.24. The Balaban J connectivity index is 1.53. The maximum atomic E-state index is 13.2. The van der Waals surface area contributed by atoms with E-state index in [4.69, 9.17) is 26.2 Å². The summed E-state index contributed by atoms with van der Waals surface area (Å²) in [6.07, 6.45) is 2.82. The van der Waals surface area contributed by atoms with Crippen LogP contribution in [-0.2, 0) is 19.4 Å². The number of rotatable bonds is 7. The third-order valence-electron chi connectivity index (χ3n) is 5.93. The molecule has 0 radical (unpaired) electrons. The molecule has 0 aliphatic heterocycles. The van der Waals surface area contributed by atoms with Crippen LogP contribution in [0.15, 0.2) is 53.6 Å². The van der Waals surface area contributed by atoms with E-state index < -0.39 is 0 Å². The first-order valence-corrected chi connectivity index (χ1v) is 11.5. The molecule has 10 heteroatoms. The molecule has 0 bridgehead atoms. The van der Waals surface area contributed by atoms with Crippen molar-refractivity contribution in [3.63, 3.8) is 0 Å². The first-order valence-electron chi connectivity index (χ1n) is 11.1. The Labute approximate surface area is 205 Å². The molecule has 0 fully saturated rings. The Hall–Kier alpha value is -3.98. The summed E-state index contributed by atoms with van der Waals surface area (Å²) in [4.78, 5) is 17.7. The summed E-state index contributed by atoms with van der Waals surface area (Å²) in [5.41, 5.74) is 4.45. The van der Waals surface area contributed by atoms with Gasteiger partial charge in [-0.05, 0) is 48.2 Å². The summed E-state index contributed by atoms with van der Waals surface area (Å²) in [6.45, 7) is 2.44. The zero-order valence-corrected chi connectivity index (χ0v) is 20.3. The Kier molecular flexibility index (Phi) is 6.08. The van der Waals surface area contributed by atoms with Crippen molar-refractivity contribution < 1.29 is 9.47 Å². The van der Waals surface area contributed by atoms with Crippen molar-refractivity contribution in [1.82, 2.24) is 29.4 Å². The summed E-state index contributed by atoms with van der Waals surface area (Å²) in [6, 6.07) is 13.2. The van der Waals surface area contributed by atoms with Gasteiger partial charge in [-0.2, -0.15) is 9.61 Å². The predicted octanol–water partition coefficient (Wildman–Crippen LogP) is 3.98. The Morgan fingerprint density at radius 3 is 2.46 bits per heavy atom. The number of methoxy groups -OCH3 is 2. The molecule has 0 amide bonds. The van der Waals surface area contributed by atoms with Gasteiger partial charge in [0.25, 0.3) is 5.56 Å². The molecule has 0 aliphatic rings. The molecular weight excluding hydrogens is 468 g/mol. The van der Waals surface area contributed by atoms with E-state index >= 15 is 0 Å². The fourth-order valence-corrected chi connectivity index (χ4v) is 4.23. The minimum absolute atomic E-state index is 0.167. The van der Waals surface area contributed by atoms with Gasteiger partial charge in [0.15, 0.2) is 28.3 Å². The van der Waals surface area contributed by atoms with Crippen molar-refractivity contribution in [3.8, 4) is 22.6 Å². The van der Waals surface area contributed by atoms with Crippen LogP contribution in [0.5, 0.6) is 11.5 Å². The molecule has 2 aromatic carbocycles. The minimum atomic E-state index is -0.272. The fourth-order valence-electron chi connectivity index (χ4n) is 4.11. The van der Waals surface area contributed by atoms with E-state index in [1.165, 1.54) is 10.9 Å². The highest BCUT2D eigenvalue weighted by atomic mass is 35.5. The van der Waals surface area contributed by atoms with Gasteiger partial charge in [0.05, 0.1) is 25.5 Å². The predicted molar refractivity (Wildman–Crippen MR) is 133 cm³/mol. The van der Waals surface area contributed by atoms with E-state index in [-0.39, 0.29) is 11.1 Å². The highest BCUT2D eigenvalue weighted by molar-refractivity contribution is 6.30. The van der Waals surface area contributed by atoms with Gasteiger partial charge in [0, 0.05) is 11.6 Å². The lowest BCUT2D eigenvalue weighted by Gasteiger charge is -2.10. The van der Waals surface area contributed by atoms with Crippen LogP contribution in [-0.4, -0.2) is 43.6 Å². The summed E-state index contributed by atoms with van der Waals surface area (Å²) in [5, 5.41) is 14.0. The zero-order chi connectivity index (χ0) is 24.5. The number of fused-ring (bicyclic) bond motifs is 3. The molecule has 5 aromatic rings. The minimum Gasteiger partial charge on any atom is -0.493 e. The van der Waals surface area contributed by atoms with E-state index in [1.54, 1.807) is 18.7 Å². The number of aromatic nitrogens is 6. The van der Waals surface area contributed by atoms with Gasteiger partial charge >= 0.3 is 0 Å². The molecular formula is C25H23ClN6O3. The molecule has 0 aliphatic carbocycles.